The second-order valence-electron chi connectivity index (χ2n) is 4.52. The molecule has 21 heavy (non-hydrogen) atoms. The molecule has 0 heterocycles. The van der Waals surface area contributed by atoms with E-state index in [-0.39, 0.29) is 0 Å². The van der Waals surface area contributed by atoms with Gasteiger partial charge in [0.05, 0.1) is 31.5 Å². The van der Waals surface area contributed by atoms with E-state index in [0.717, 1.165) is 22.2 Å². The second-order valence-corrected chi connectivity index (χ2v) is 5.44. The molecule has 0 N–H and O–H groups in total. The second kappa shape index (κ2) is 8.46. The molecular weight excluding hydrogens is 330 g/mol. The topological polar surface area (TPSA) is 42.2 Å². The van der Waals surface area contributed by atoms with Crippen molar-refractivity contribution in [1.82, 2.24) is 0 Å². The van der Waals surface area contributed by atoms with Crippen LogP contribution in [0.3, 0.4) is 0 Å². The lowest BCUT2D eigenvalue weighted by Gasteiger charge is -2.07. The van der Waals surface area contributed by atoms with Gasteiger partial charge in [0.2, 0.25) is 0 Å². The van der Waals surface area contributed by atoms with Gasteiger partial charge in [-0.15, -0.1) is 0 Å². The number of rotatable bonds is 7. The highest BCUT2D eigenvalue weighted by atomic mass is 79.9. The van der Waals surface area contributed by atoms with Crippen molar-refractivity contribution < 1.29 is 9.47 Å². The van der Waals surface area contributed by atoms with E-state index < -0.39 is 0 Å². The molecule has 108 valence electrons. The standard InChI is InChI=1S/C17H16BrNO2/c18-16-4-1-3-15(11-16)13-20-9-2-10-21-17-7-5-14(12-19)6-8-17/h1,3-8,11H,2,9-10,13H2. The summed E-state index contributed by atoms with van der Waals surface area (Å²) in [6.07, 6.45) is 0.827. The Bertz CT molecular complexity index is 605. The van der Waals surface area contributed by atoms with Gasteiger partial charge in [0.15, 0.2) is 0 Å². The first-order valence-corrected chi connectivity index (χ1v) is 7.52. The first-order chi connectivity index (χ1) is 10.3. The van der Waals surface area contributed by atoms with Gasteiger partial charge < -0.3 is 9.47 Å². The Labute approximate surface area is 133 Å². The number of hydrogen-bond acceptors (Lipinski definition) is 3. The van der Waals surface area contributed by atoms with E-state index in [2.05, 4.69) is 22.0 Å². The monoisotopic (exact) mass is 345 g/mol. The third-order valence-electron chi connectivity index (χ3n) is 2.84. The molecular formula is C17H16BrNO2. The van der Waals surface area contributed by atoms with E-state index in [0.29, 0.717) is 25.4 Å². The Balaban J connectivity index is 1.60. The van der Waals surface area contributed by atoms with E-state index in [4.69, 9.17) is 14.7 Å². The molecule has 2 aromatic carbocycles. The van der Waals surface area contributed by atoms with Crippen LogP contribution >= 0.6 is 15.9 Å². The lowest BCUT2D eigenvalue weighted by molar-refractivity contribution is 0.107. The van der Waals surface area contributed by atoms with Crippen molar-refractivity contribution in [2.24, 2.45) is 0 Å². The van der Waals surface area contributed by atoms with Gasteiger partial charge >= 0.3 is 0 Å². The van der Waals surface area contributed by atoms with Gasteiger partial charge in [-0.3, -0.25) is 0 Å². The van der Waals surface area contributed by atoms with Crippen molar-refractivity contribution in [3.05, 3.63) is 64.1 Å². The first kappa shape index (κ1) is 15.6. The average molecular weight is 346 g/mol. The predicted molar refractivity (Wildman–Crippen MR) is 85.1 cm³/mol. The van der Waals surface area contributed by atoms with Crippen LogP contribution in [0.25, 0.3) is 0 Å². The molecule has 0 spiro atoms. The molecule has 0 aliphatic rings. The zero-order chi connectivity index (χ0) is 14.9. The summed E-state index contributed by atoms with van der Waals surface area (Å²) >= 11 is 3.44. The first-order valence-electron chi connectivity index (χ1n) is 6.73. The van der Waals surface area contributed by atoms with E-state index in [1.54, 1.807) is 24.3 Å². The fourth-order valence-electron chi connectivity index (χ4n) is 1.79. The van der Waals surface area contributed by atoms with Crippen LogP contribution < -0.4 is 4.74 Å². The van der Waals surface area contributed by atoms with Gasteiger partial charge in [-0.05, 0) is 42.0 Å². The molecule has 0 amide bonds. The summed E-state index contributed by atoms with van der Waals surface area (Å²) in [7, 11) is 0. The lowest BCUT2D eigenvalue weighted by Crippen LogP contribution is -2.03. The molecule has 0 aliphatic carbocycles. The largest absolute Gasteiger partial charge is 0.494 e. The van der Waals surface area contributed by atoms with E-state index in [1.807, 2.05) is 24.3 Å². The van der Waals surface area contributed by atoms with Gasteiger partial charge in [-0.25, -0.2) is 0 Å². The molecule has 0 saturated heterocycles. The van der Waals surface area contributed by atoms with Crippen LogP contribution in [0.2, 0.25) is 0 Å². The van der Waals surface area contributed by atoms with Crippen LogP contribution in [-0.4, -0.2) is 13.2 Å². The maximum absolute atomic E-state index is 8.70. The van der Waals surface area contributed by atoms with Crippen molar-refractivity contribution in [2.75, 3.05) is 13.2 Å². The zero-order valence-electron chi connectivity index (χ0n) is 11.6. The maximum atomic E-state index is 8.70. The molecule has 0 radical (unpaired) electrons. The Morgan fingerprint density at radius 2 is 1.86 bits per heavy atom. The minimum atomic E-state index is 0.602. The van der Waals surface area contributed by atoms with Gasteiger partial charge in [0.1, 0.15) is 5.75 Å². The molecule has 0 saturated carbocycles. The summed E-state index contributed by atoms with van der Waals surface area (Å²) in [5, 5.41) is 8.70. The van der Waals surface area contributed by atoms with Crippen LogP contribution in [0.1, 0.15) is 17.5 Å². The number of halogens is 1. The average Bonchev–Trinajstić information content (AvgIpc) is 2.51. The fourth-order valence-corrected chi connectivity index (χ4v) is 2.24. The molecule has 0 fully saturated rings. The van der Waals surface area contributed by atoms with Crippen LogP contribution in [0.15, 0.2) is 53.0 Å². The summed E-state index contributed by atoms with van der Waals surface area (Å²) in [6.45, 7) is 1.86. The summed E-state index contributed by atoms with van der Waals surface area (Å²) in [4.78, 5) is 0. The Morgan fingerprint density at radius 3 is 2.57 bits per heavy atom. The Morgan fingerprint density at radius 1 is 1.05 bits per heavy atom. The van der Waals surface area contributed by atoms with Crippen LogP contribution in [0.4, 0.5) is 0 Å². The van der Waals surface area contributed by atoms with Gasteiger partial charge in [0.25, 0.3) is 0 Å². The molecule has 0 aromatic heterocycles. The molecule has 0 unspecified atom stereocenters. The smallest absolute Gasteiger partial charge is 0.119 e. The maximum Gasteiger partial charge on any atom is 0.119 e. The molecule has 0 aliphatic heterocycles. The van der Waals surface area contributed by atoms with Crippen LogP contribution in [0, 0.1) is 11.3 Å². The fraction of sp³-hybridized carbons (Fsp3) is 0.235. The van der Waals surface area contributed by atoms with Crippen molar-refractivity contribution in [1.29, 1.82) is 5.26 Å². The predicted octanol–water partition coefficient (Wildman–Crippen LogP) is 4.31. The Hall–Kier alpha value is -1.83. The highest BCUT2D eigenvalue weighted by Crippen LogP contribution is 2.13. The highest BCUT2D eigenvalue weighted by molar-refractivity contribution is 9.10. The molecule has 3 nitrogen and oxygen atoms in total. The molecule has 2 aromatic rings. The van der Waals surface area contributed by atoms with Crippen molar-refractivity contribution in [3.8, 4) is 11.8 Å². The van der Waals surface area contributed by atoms with E-state index in [1.165, 1.54) is 0 Å². The summed E-state index contributed by atoms with van der Waals surface area (Å²) in [6, 6.07) is 17.3. The number of benzene rings is 2. The SMILES string of the molecule is N#Cc1ccc(OCCCOCc2cccc(Br)c2)cc1. The van der Waals surface area contributed by atoms with Gasteiger partial charge in [-0.1, -0.05) is 28.1 Å². The third-order valence-corrected chi connectivity index (χ3v) is 3.34. The molecule has 0 atom stereocenters. The van der Waals surface area contributed by atoms with Crippen molar-refractivity contribution >= 4 is 15.9 Å². The number of nitrogens with zero attached hydrogens (tertiary/aromatic N) is 1. The number of ether oxygens (including phenoxy) is 2. The quantitative estimate of drug-likeness (QED) is 0.702. The molecule has 2 rings (SSSR count). The molecule has 4 heteroatoms. The minimum absolute atomic E-state index is 0.602. The van der Waals surface area contributed by atoms with Gasteiger partial charge in [0, 0.05) is 10.9 Å². The highest BCUT2D eigenvalue weighted by Gasteiger charge is 1.97. The van der Waals surface area contributed by atoms with Crippen LogP contribution in [0.5, 0.6) is 5.75 Å². The number of hydrogen-bond donors (Lipinski definition) is 0. The molecule has 0 bridgehead atoms. The zero-order valence-corrected chi connectivity index (χ0v) is 13.2. The summed E-state index contributed by atoms with van der Waals surface area (Å²) in [5.41, 5.74) is 1.79. The van der Waals surface area contributed by atoms with Crippen molar-refractivity contribution in [3.63, 3.8) is 0 Å². The van der Waals surface area contributed by atoms with Crippen molar-refractivity contribution in [2.45, 2.75) is 13.0 Å². The lowest BCUT2D eigenvalue weighted by atomic mass is 10.2. The summed E-state index contributed by atoms with van der Waals surface area (Å²) < 4.78 is 12.2. The summed E-state index contributed by atoms with van der Waals surface area (Å²) in [5.74, 6) is 0.779. The Kier molecular flexibility index (Phi) is 6.26. The van der Waals surface area contributed by atoms with E-state index in [9.17, 15) is 0 Å². The van der Waals surface area contributed by atoms with E-state index >= 15 is 0 Å². The van der Waals surface area contributed by atoms with Gasteiger partial charge in [-0.2, -0.15) is 5.26 Å². The normalized spacial score (nSPS) is 10.1. The third kappa shape index (κ3) is 5.58. The number of nitriles is 1. The minimum Gasteiger partial charge on any atom is -0.494 e. The van der Waals surface area contributed by atoms with Crippen LogP contribution in [-0.2, 0) is 11.3 Å².